The number of nitrogens with one attached hydrogen (secondary N) is 1. The van der Waals surface area contributed by atoms with Crippen LogP contribution in [0.1, 0.15) is 48.2 Å². The number of hydrogen-bond donors (Lipinski definition) is 1. The summed E-state index contributed by atoms with van der Waals surface area (Å²) in [5, 5.41) is 2.96. The van der Waals surface area contributed by atoms with E-state index in [9.17, 15) is 9.59 Å². The van der Waals surface area contributed by atoms with Gasteiger partial charge in [0.15, 0.2) is 0 Å². The molecule has 26 heavy (non-hydrogen) atoms. The molecule has 4 heteroatoms. The summed E-state index contributed by atoms with van der Waals surface area (Å²) in [4.78, 5) is 26.6. The first-order valence-electron chi connectivity index (χ1n) is 9.25. The monoisotopic (exact) mass is 350 g/mol. The maximum absolute atomic E-state index is 12.4. The fraction of sp³-hybridized carbons (Fsp3) is 0.364. The van der Waals surface area contributed by atoms with E-state index in [-0.39, 0.29) is 11.8 Å². The fourth-order valence-electron chi connectivity index (χ4n) is 3.18. The van der Waals surface area contributed by atoms with Gasteiger partial charge in [-0.05, 0) is 61.6 Å². The highest BCUT2D eigenvalue weighted by Gasteiger charge is 2.24. The molecule has 1 N–H and O–H groups in total. The van der Waals surface area contributed by atoms with Crippen molar-refractivity contribution in [2.24, 2.45) is 5.92 Å². The van der Waals surface area contributed by atoms with Gasteiger partial charge in [-0.1, -0.05) is 31.5 Å². The van der Waals surface area contributed by atoms with Gasteiger partial charge in [0, 0.05) is 29.9 Å². The molecule has 0 aliphatic carbocycles. The highest BCUT2D eigenvalue weighted by atomic mass is 16.2. The van der Waals surface area contributed by atoms with Crippen LogP contribution in [0, 0.1) is 12.8 Å². The van der Waals surface area contributed by atoms with Gasteiger partial charge >= 0.3 is 0 Å². The van der Waals surface area contributed by atoms with Crippen molar-refractivity contribution in [3.05, 3.63) is 59.2 Å². The lowest BCUT2D eigenvalue weighted by atomic mass is 9.99. The van der Waals surface area contributed by atoms with Crippen LogP contribution in [-0.4, -0.2) is 18.4 Å². The van der Waals surface area contributed by atoms with E-state index < -0.39 is 0 Å². The Morgan fingerprint density at radius 2 is 1.85 bits per heavy atom. The van der Waals surface area contributed by atoms with Crippen molar-refractivity contribution in [3.8, 4) is 0 Å². The average Bonchev–Trinajstić information content (AvgIpc) is 2.61. The quantitative estimate of drug-likeness (QED) is 0.858. The van der Waals surface area contributed by atoms with Crippen molar-refractivity contribution < 1.29 is 9.59 Å². The maximum atomic E-state index is 12.4. The van der Waals surface area contributed by atoms with Crippen molar-refractivity contribution >= 4 is 23.2 Å². The van der Waals surface area contributed by atoms with Gasteiger partial charge in [-0.2, -0.15) is 0 Å². The van der Waals surface area contributed by atoms with Crippen molar-refractivity contribution in [1.82, 2.24) is 0 Å². The number of carbonyl (C=O) groups is 2. The van der Waals surface area contributed by atoms with Crippen molar-refractivity contribution in [2.45, 2.75) is 40.0 Å². The topological polar surface area (TPSA) is 49.4 Å². The van der Waals surface area contributed by atoms with Gasteiger partial charge in [-0.25, -0.2) is 0 Å². The molecule has 2 aromatic rings. The number of anilines is 2. The summed E-state index contributed by atoms with van der Waals surface area (Å²) in [5.74, 6) is 0.629. The molecule has 0 fully saturated rings. The Kier molecular flexibility index (Phi) is 5.40. The van der Waals surface area contributed by atoms with Gasteiger partial charge in [-0.3, -0.25) is 9.59 Å². The molecule has 0 bridgehead atoms. The predicted molar refractivity (Wildman–Crippen MR) is 106 cm³/mol. The predicted octanol–water partition coefficient (Wildman–Crippen LogP) is 4.57. The molecule has 2 amide bonds. The molecule has 4 nitrogen and oxygen atoms in total. The molecule has 0 spiro atoms. The van der Waals surface area contributed by atoms with E-state index in [2.05, 4.69) is 19.2 Å². The summed E-state index contributed by atoms with van der Waals surface area (Å²) in [6, 6.07) is 13.4. The Morgan fingerprint density at radius 1 is 1.12 bits per heavy atom. The first kappa shape index (κ1) is 18.2. The third-order valence-electron chi connectivity index (χ3n) is 4.78. The highest BCUT2D eigenvalue weighted by molar-refractivity contribution is 6.04. The van der Waals surface area contributed by atoms with E-state index in [1.54, 1.807) is 0 Å². The van der Waals surface area contributed by atoms with Crippen LogP contribution < -0.4 is 10.2 Å². The molecule has 1 aliphatic heterocycles. The standard InChI is InChI=1S/C22H26N2O2/c1-15(2)12-13-24-20-10-9-19(14-18(20)8-11-21(24)25)23-22(26)17-6-4-16(3)5-7-17/h4-7,9-10,14-15H,8,11-13H2,1-3H3,(H,23,26). The molecule has 1 heterocycles. The minimum Gasteiger partial charge on any atom is -0.322 e. The zero-order chi connectivity index (χ0) is 18.7. The maximum Gasteiger partial charge on any atom is 0.255 e. The number of aryl methyl sites for hydroxylation is 2. The van der Waals surface area contributed by atoms with E-state index >= 15 is 0 Å². The molecular weight excluding hydrogens is 324 g/mol. The minimum absolute atomic E-state index is 0.117. The molecule has 0 unspecified atom stereocenters. The second-order valence-electron chi connectivity index (χ2n) is 7.39. The van der Waals surface area contributed by atoms with Crippen LogP contribution in [0.2, 0.25) is 0 Å². The normalized spacial score (nSPS) is 13.7. The van der Waals surface area contributed by atoms with E-state index in [0.717, 1.165) is 41.9 Å². The van der Waals surface area contributed by atoms with Crippen molar-refractivity contribution in [3.63, 3.8) is 0 Å². The van der Waals surface area contributed by atoms with E-state index in [0.29, 0.717) is 17.9 Å². The summed E-state index contributed by atoms with van der Waals surface area (Å²) in [5.41, 5.74) is 4.64. The van der Waals surface area contributed by atoms with E-state index in [4.69, 9.17) is 0 Å². The Hall–Kier alpha value is -2.62. The highest BCUT2D eigenvalue weighted by Crippen LogP contribution is 2.31. The zero-order valence-corrected chi connectivity index (χ0v) is 15.7. The summed E-state index contributed by atoms with van der Waals surface area (Å²) in [6.45, 7) is 7.08. The summed E-state index contributed by atoms with van der Waals surface area (Å²) in [7, 11) is 0. The Balaban J connectivity index is 1.76. The van der Waals surface area contributed by atoms with Gasteiger partial charge in [-0.15, -0.1) is 0 Å². The molecule has 0 aromatic heterocycles. The van der Waals surface area contributed by atoms with E-state index in [1.165, 1.54) is 0 Å². The molecule has 1 aliphatic rings. The lowest BCUT2D eigenvalue weighted by Crippen LogP contribution is -2.36. The summed E-state index contributed by atoms with van der Waals surface area (Å²) < 4.78 is 0. The molecule has 2 aromatic carbocycles. The Bertz CT molecular complexity index is 809. The SMILES string of the molecule is Cc1ccc(C(=O)Nc2ccc3c(c2)CCC(=O)N3CCC(C)C)cc1. The molecule has 0 saturated carbocycles. The minimum atomic E-state index is -0.117. The molecule has 0 atom stereocenters. The van der Waals surface area contributed by atoms with Crippen LogP contribution in [0.3, 0.4) is 0 Å². The number of fused-ring (bicyclic) bond motifs is 1. The van der Waals surface area contributed by atoms with Crippen LogP contribution in [0.25, 0.3) is 0 Å². The van der Waals surface area contributed by atoms with E-state index in [1.807, 2.05) is 54.3 Å². The number of carbonyl (C=O) groups excluding carboxylic acids is 2. The van der Waals surface area contributed by atoms with Crippen LogP contribution in [0.5, 0.6) is 0 Å². The lowest BCUT2D eigenvalue weighted by Gasteiger charge is -2.30. The zero-order valence-electron chi connectivity index (χ0n) is 15.7. The largest absolute Gasteiger partial charge is 0.322 e. The van der Waals surface area contributed by atoms with Gasteiger partial charge in [0.2, 0.25) is 5.91 Å². The molecule has 0 saturated heterocycles. The van der Waals surface area contributed by atoms with Gasteiger partial charge < -0.3 is 10.2 Å². The van der Waals surface area contributed by atoms with Crippen molar-refractivity contribution in [1.29, 1.82) is 0 Å². The Labute approximate surface area is 155 Å². The van der Waals surface area contributed by atoms with Crippen LogP contribution in [0.15, 0.2) is 42.5 Å². The van der Waals surface area contributed by atoms with Crippen molar-refractivity contribution in [2.75, 3.05) is 16.8 Å². The van der Waals surface area contributed by atoms with Crippen LogP contribution in [0.4, 0.5) is 11.4 Å². The van der Waals surface area contributed by atoms with Gasteiger partial charge in [0.25, 0.3) is 5.91 Å². The first-order valence-corrected chi connectivity index (χ1v) is 9.25. The smallest absolute Gasteiger partial charge is 0.255 e. The number of nitrogens with zero attached hydrogens (tertiary/aromatic N) is 1. The number of amides is 2. The first-order chi connectivity index (χ1) is 12.4. The molecular formula is C22H26N2O2. The fourth-order valence-corrected chi connectivity index (χ4v) is 3.18. The van der Waals surface area contributed by atoms with Gasteiger partial charge in [0.1, 0.15) is 0 Å². The second-order valence-corrected chi connectivity index (χ2v) is 7.39. The number of benzene rings is 2. The third-order valence-corrected chi connectivity index (χ3v) is 4.78. The van der Waals surface area contributed by atoms with Crippen LogP contribution >= 0.6 is 0 Å². The summed E-state index contributed by atoms with van der Waals surface area (Å²) >= 11 is 0. The van der Waals surface area contributed by atoms with Gasteiger partial charge in [0.05, 0.1) is 0 Å². The number of hydrogen-bond acceptors (Lipinski definition) is 2. The Morgan fingerprint density at radius 3 is 2.54 bits per heavy atom. The van der Waals surface area contributed by atoms with Crippen LogP contribution in [-0.2, 0) is 11.2 Å². The molecule has 0 radical (unpaired) electrons. The third kappa shape index (κ3) is 4.13. The molecule has 136 valence electrons. The second kappa shape index (κ2) is 7.73. The number of rotatable bonds is 5. The molecule has 3 rings (SSSR count). The average molecular weight is 350 g/mol. The lowest BCUT2D eigenvalue weighted by molar-refractivity contribution is -0.118. The summed E-state index contributed by atoms with van der Waals surface area (Å²) in [6.07, 6.45) is 2.23.